The second-order valence-corrected chi connectivity index (χ2v) is 5.94. The van der Waals surface area contributed by atoms with E-state index in [1.165, 1.54) is 18.8 Å². The van der Waals surface area contributed by atoms with Gasteiger partial charge in [0.15, 0.2) is 23.5 Å². The zero-order valence-corrected chi connectivity index (χ0v) is 14.0. The summed E-state index contributed by atoms with van der Waals surface area (Å²) >= 11 is 1.45. The third kappa shape index (κ3) is 4.40. The quantitative estimate of drug-likeness (QED) is 0.585. The summed E-state index contributed by atoms with van der Waals surface area (Å²) in [4.78, 5) is 25.4. The minimum Gasteiger partial charge on any atom is -0.467 e. The van der Waals surface area contributed by atoms with Crippen molar-refractivity contribution in [2.24, 2.45) is 5.92 Å². The number of amides is 1. The summed E-state index contributed by atoms with van der Waals surface area (Å²) in [5.41, 5.74) is -0.194. The summed E-state index contributed by atoms with van der Waals surface area (Å²) < 4.78 is 44.6. The highest BCUT2D eigenvalue weighted by molar-refractivity contribution is 7.98. The van der Waals surface area contributed by atoms with Crippen LogP contribution in [0.15, 0.2) is 12.1 Å². The third-order valence-electron chi connectivity index (χ3n) is 3.32. The maximum atomic E-state index is 13.4. The first-order valence-corrected chi connectivity index (χ1v) is 8.11. The Morgan fingerprint density at radius 1 is 1.26 bits per heavy atom. The van der Waals surface area contributed by atoms with Gasteiger partial charge in [-0.2, -0.15) is 11.8 Å². The smallest absolute Gasteiger partial charge is 0.333 e. The lowest BCUT2D eigenvalue weighted by Crippen LogP contribution is -2.40. The molecule has 1 aromatic carbocycles. The van der Waals surface area contributed by atoms with E-state index in [4.69, 9.17) is 0 Å². The molecule has 0 aliphatic rings. The SMILES string of the molecule is COC(=O)C(c1cc(F)c(F)c(F)c1)N(C)C(=O)C(C)CSC. The van der Waals surface area contributed by atoms with E-state index < -0.39 is 35.4 Å². The number of halogens is 3. The molecule has 0 saturated carbocycles. The highest BCUT2D eigenvalue weighted by Gasteiger charge is 2.33. The number of benzene rings is 1. The maximum Gasteiger partial charge on any atom is 0.333 e. The number of carbonyl (C=O) groups excluding carboxylic acids is 2. The van der Waals surface area contributed by atoms with Crippen molar-refractivity contribution in [3.8, 4) is 0 Å². The van der Waals surface area contributed by atoms with Crippen LogP contribution in [0.1, 0.15) is 18.5 Å². The largest absolute Gasteiger partial charge is 0.467 e. The van der Waals surface area contributed by atoms with Gasteiger partial charge in [0, 0.05) is 18.7 Å². The fourth-order valence-corrected chi connectivity index (χ4v) is 2.80. The van der Waals surface area contributed by atoms with E-state index >= 15 is 0 Å². The summed E-state index contributed by atoms with van der Waals surface area (Å²) in [7, 11) is 2.43. The second kappa shape index (κ2) is 8.24. The Kier molecular flexibility index (Phi) is 6.93. The number of ether oxygens (including phenoxy) is 1. The molecule has 1 aromatic rings. The molecule has 8 heteroatoms. The van der Waals surface area contributed by atoms with E-state index in [9.17, 15) is 22.8 Å². The van der Waals surface area contributed by atoms with Gasteiger partial charge in [-0.25, -0.2) is 18.0 Å². The molecule has 0 radical (unpaired) electrons. The number of carbonyl (C=O) groups is 2. The Balaban J connectivity index is 3.25. The van der Waals surface area contributed by atoms with Crippen LogP contribution in [0.25, 0.3) is 0 Å². The monoisotopic (exact) mass is 349 g/mol. The third-order valence-corrected chi connectivity index (χ3v) is 4.15. The zero-order valence-electron chi connectivity index (χ0n) is 13.2. The highest BCUT2D eigenvalue weighted by atomic mass is 32.2. The minimum atomic E-state index is -1.64. The Morgan fingerprint density at radius 3 is 2.22 bits per heavy atom. The first kappa shape index (κ1) is 19.3. The van der Waals surface area contributed by atoms with Gasteiger partial charge in [-0.3, -0.25) is 4.79 Å². The molecule has 23 heavy (non-hydrogen) atoms. The second-order valence-electron chi connectivity index (χ2n) is 5.03. The summed E-state index contributed by atoms with van der Waals surface area (Å²) in [6, 6.07) is 0.00729. The molecule has 1 amide bonds. The van der Waals surface area contributed by atoms with E-state index in [1.807, 2.05) is 6.26 Å². The summed E-state index contributed by atoms with van der Waals surface area (Å²) in [5.74, 6) is -5.66. The molecule has 0 aliphatic carbocycles. The van der Waals surface area contributed by atoms with E-state index in [2.05, 4.69) is 4.74 Å². The van der Waals surface area contributed by atoms with Crippen molar-refractivity contribution < 1.29 is 27.5 Å². The Morgan fingerprint density at radius 2 is 1.78 bits per heavy atom. The number of thioether (sulfide) groups is 1. The van der Waals surface area contributed by atoms with Gasteiger partial charge in [0.1, 0.15) is 0 Å². The maximum absolute atomic E-state index is 13.4. The molecule has 4 nitrogen and oxygen atoms in total. The van der Waals surface area contributed by atoms with Gasteiger partial charge in [0.25, 0.3) is 0 Å². The molecule has 0 heterocycles. The summed E-state index contributed by atoms with van der Waals surface area (Å²) in [6.07, 6.45) is 1.83. The molecule has 2 unspecified atom stereocenters. The molecular formula is C15H18F3NO3S. The molecule has 128 valence electrons. The molecule has 0 bridgehead atoms. The molecule has 0 aromatic heterocycles. The fourth-order valence-electron chi connectivity index (χ4n) is 2.16. The van der Waals surface area contributed by atoms with Crippen LogP contribution in [-0.2, 0) is 14.3 Å². The van der Waals surface area contributed by atoms with Crippen molar-refractivity contribution >= 4 is 23.6 Å². The van der Waals surface area contributed by atoms with Gasteiger partial charge in [-0.1, -0.05) is 6.92 Å². The van der Waals surface area contributed by atoms with Crippen molar-refractivity contribution in [3.05, 3.63) is 35.1 Å². The summed E-state index contributed by atoms with van der Waals surface area (Å²) in [6.45, 7) is 1.68. The number of likely N-dealkylation sites (N-methyl/N-ethyl adjacent to an activating group) is 1. The van der Waals surface area contributed by atoms with Crippen LogP contribution in [0.3, 0.4) is 0 Å². The minimum absolute atomic E-state index is 0.194. The van der Waals surface area contributed by atoms with E-state index in [0.29, 0.717) is 17.9 Å². The summed E-state index contributed by atoms with van der Waals surface area (Å²) in [5, 5.41) is 0. The molecule has 1 rings (SSSR count). The number of methoxy groups -OCH3 is 1. The standard InChI is InChI=1S/C15H18F3NO3S/c1-8(7-23-4)14(20)19(2)13(15(21)22-3)9-5-10(16)12(18)11(17)6-9/h5-6,8,13H,7H2,1-4H3. The number of hydrogen-bond acceptors (Lipinski definition) is 4. The van der Waals surface area contributed by atoms with Crippen molar-refractivity contribution in [1.82, 2.24) is 4.90 Å². The molecule has 0 fully saturated rings. The first-order chi connectivity index (χ1) is 10.7. The normalized spacial score (nSPS) is 13.3. The van der Waals surface area contributed by atoms with Gasteiger partial charge in [-0.15, -0.1) is 0 Å². The van der Waals surface area contributed by atoms with Gasteiger partial charge in [-0.05, 0) is 24.0 Å². The average molecular weight is 349 g/mol. The first-order valence-electron chi connectivity index (χ1n) is 6.72. The molecule has 0 N–H and O–H groups in total. The van der Waals surface area contributed by atoms with Crippen LogP contribution in [0, 0.1) is 23.4 Å². The highest BCUT2D eigenvalue weighted by Crippen LogP contribution is 2.26. The van der Waals surface area contributed by atoms with E-state index in [1.54, 1.807) is 6.92 Å². The van der Waals surface area contributed by atoms with E-state index in [0.717, 1.165) is 12.0 Å². The number of esters is 1. The van der Waals surface area contributed by atoms with E-state index in [-0.39, 0.29) is 11.5 Å². The molecule has 0 saturated heterocycles. The van der Waals surface area contributed by atoms with Crippen LogP contribution in [0.5, 0.6) is 0 Å². The Bertz CT molecular complexity index is 574. The van der Waals surface area contributed by atoms with Crippen LogP contribution in [0.4, 0.5) is 13.2 Å². The van der Waals surface area contributed by atoms with Crippen molar-refractivity contribution in [2.75, 3.05) is 26.2 Å². The van der Waals surface area contributed by atoms with Crippen LogP contribution in [-0.4, -0.2) is 42.9 Å². The van der Waals surface area contributed by atoms with Crippen LogP contribution >= 0.6 is 11.8 Å². The predicted molar refractivity (Wildman–Crippen MR) is 81.4 cm³/mol. The van der Waals surface area contributed by atoms with Gasteiger partial charge in [0.2, 0.25) is 5.91 Å². The molecule has 0 spiro atoms. The van der Waals surface area contributed by atoms with Crippen molar-refractivity contribution in [1.29, 1.82) is 0 Å². The fraction of sp³-hybridized carbons (Fsp3) is 0.467. The van der Waals surface area contributed by atoms with Crippen molar-refractivity contribution in [3.63, 3.8) is 0 Å². The molecule has 0 aliphatic heterocycles. The Labute approximate surface area is 137 Å². The lowest BCUT2D eigenvalue weighted by atomic mass is 10.0. The van der Waals surface area contributed by atoms with Gasteiger partial charge >= 0.3 is 5.97 Å². The average Bonchev–Trinajstić information content (AvgIpc) is 2.51. The predicted octanol–water partition coefficient (Wildman–Crippen LogP) is 2.78. The topological polar surface area (TPSA) is 46.6 Å². The number of hydrogen-bond donors (Lipinski definition) is 0. The van der Waals surface area contributed by atoms with Crippen LogP contribution in [0.2, 0.25) is 0 Å². The molecular weight excluding hydrogens is 331 g/mol. The van der Waals surface area contributed by atoms with Crippen LogP contribution < -0.4 is 0 Å². The lowest BCUT2D eigenvalue weighted by Gasteiger charge is -2.28. The zero-order chi connectivity index (χ0) is 17.7. The van der Waals surface area contributed by atoms with Gasteiger partial charge < -0.3 is 9.64 Å². The number of rotatable bonds is 6. The van der Waals surface area contributed by atoms with Crippen molar-refractivity contribution in [2.45, 2.75) is 13.0 Å². The lowest BCUT2D eigenvalue weighted by molar-refractivity contribution is -0.153. The Hall–Kier alpha value is -1.70. The van der Waals surface area contributed by atoms with Gasteiger partial charge in [0.05, 0.1) is 7.11 Å². The molecule has 2 atom stereocenters. The number of nitrogens with zero attached hydrogens (tertiary/aromatic N) is 1.